The maximum atomic E-state index is 11.9. The Morgan fingerprint density at radius 1 is 1.23 bits per heavy atom. The topological polar surface area (TPSA) is 97.6 Å². The van der Waals surface area contributed by atoms with Crippen molar-refractivity contribution in [1.82, 2.24) is 10.6 Å². The first kappa shape index (κ1) is 19.9. The Hall–Kier alpha value is -2.45. The number of carbonyl (C=O) groups excluding carboxylic acids is 3. The molecular weight excluding hydrogens is 380 g/mol. The van der Waals surface area contributed by atoms with Crippen LogP contribution < -0.4 is 10.6 Å². The van der Waals surface area contributed by atoms with Gasteiger partial charge in [-0.05, 0) is 43.3 Å². The molecular formula is C17H17ClN2O5S. The van der Waals surface area contributed by atoms with Crippen LogP contribution in [-0.2, 0) is 20.9 Å². The van der Waals surface area contributed by atoms with E-state index in [9.17, 15) is 14.4 Å². The van der Waals surface area contributed by atoms with Crippen LogP contribution in [0.15, 0.2) is 52.0 Å². The van der Waals surface area contributed by atoms with Crippen molar-refractivity contribution < 1.29 is 23.5 Å². The van der Waals surface area contributed by atoms with E-state index >= 15 is 0 Å². The minimum atomic E-state index is -0.723. The lowest BCUT2D eigenvalue weighted by Gasteiger charge is -2.11. The van der Waals surface area contributed by atoms with Crippen molar-refractivity contribution >= 4 is 41.3 Å². The maximum Gasteiger partial charge on any atom is 0.321 e. The third kappa shape index (κ3) is 6.81. The molecule has 3 amide bonds. The third-order valence-corrected chi connectivity index (χ3v) is 4.40. The third-order valence-electron chi connectivity index (χ3n) is 3.06. The monoisotopic (exact) mass is 396 g/mol. The molecule has 0 aliphatic rings. The van der Waals surface area contributed by atoms with Crippen molar-refractivity contribution in [3.63, 3.8) is 0 Å². The van der Waals surface area contributed by atoms with Gasteiger partial charge in [-0.15, -0.1) is 11.8 Å². The van der Waals surface area contributed by atoms with Gasteiger partial charge in [-0.3, -0.25) is 14.9 Å². The zero-order valence-corrected chi connectivity index (χ0v) is 15.4. The molecule has 2 rings (SSSR count). The molecule has 0 saturated heterocycles. The molecule has 0 bridgehead atoms. The number of imide groups is 1. The van der Waals surface area contributed by atoms with Gasteiger partial charge in [0.05, 0.1) is 12.8 Å². The first-order chi connectivity index (χ1) is 12.4. The van der Waals surface area contributed by atoms with Gasteiger partial charge in [-0.2, -0.15) is 0 Å². The number of rotatable bonds is 7. The normalized spacial score (nSPS) is 11.5. The van der Waals surface area contributed by atoms with Crippen molar-refractivity contribution in [3.8, 4) is 0 Å². The smallest absolute Gasteiger partial charge is 0.321 e. The van der Waals surface area contributed by atoms with Crippen LogP contribution in [0.2, 0.25) is 5.02 Å². The SMILES string of the molecule is C[C@@H](Sc1ccc(Cl)cc1)C(=O)OCC(=O)NC(=O)NCc1ccco1. The summed E-state index contributed by atoms with van der Waals surface area (Å²) in [6.07, 6.45) is 1.47. The fourth-order valence-corrected chi connectivity index (χ4v) is 2.80. The van der Waals surface area contributed by atoms with Crippen molar-refractivity contribution in [2.45, 2.75) is 23.6 Å². The van der Waals surface area contributed by atoms with Gasteiger partial charge in [0, 0.05) is 9.92 Å². The lowest BCUT2D eigenvalue weighted by Crippen LogP contribution is -2.41. The van der Waals surface area contributed by atoms with E-state index in [0.29, 0.717) is 10.8 Å². The standard InChI is InChI=1S/C17H17ClN2O5S/c1-11(26-14-6-4-12(18)5-7-14)16(22)25-10-15(21)20-17(23)19-9-13-3-2-8-24-13/h2-8,11H,9-10H2,1H3,(H2,19,20,21,23)/t11-/m1/s1. The number of furan rings is 1. The molecule has 0 aliphatic heterocycles. The van der Waals surface area contributed by atoms with Gasteiger partial charge < -0.3 is 14.5 Å². The van der Waals surface area contributed by atoms with Crippen molar-refractivity contribution in [3.05, 3.63) is 53.4 Å². The Kier molecular flexibility index (Phi) is 7.55. The van der Waals surface area contributed by atoms with Crippen LogP contribution in [0.4, 0.5) is 4.79 Å². The van der Waals surface area contributed by atoms with Gasteiger partial charge in [-0.25, -0.2) is 4.79 Å². The van der Waals surface area contributed by atoms with Crippen LogP contribution in [0, 0.1) is 0 Å². The number of halogens is 1. The largest absolute Gasteiger partial charge is 0.467 e. The van der Waals surface area contributed by atoms with Crippen LogP contribution in [0.5, 0.6) is 0 Å². The van der Waals surface area contributed by atoms with Crippen LogP contribution in [0.3, 0.4) is 0 Å². The number of esters is 1. The van der Waals surface area contributed by atoms with Gasteiger partial charge in [0.15, 0.2) is 6.61 Å². The van der Waals surface area contributed by atoms with Gasteiger partial charge in [0.2, 0.25) is 0 Å². The number of hydrogen-bond donors (Lipinski definition) is 2. The second kappa shape index (κ2) is 9.88. The number of hydrogen-bond acceptors (Lipinski definition) is 6. The van der Waals surface area contributed by atoms with E-state index in [1.807, 2.05) is 0 Å². The second-order valence-corrected chi connectivity index (χ2v) is 6.98. The molecule has 2 aromatic rings. The molecule has 1 heterocycles. The summed E-state index contributed by atoms with van der Waals surface area (Å²) in [6.45, 7) is 1.26. The maximum absolute atomic E-state index is 11.9. The van der Waals surface area contributed by atoms with Crippen LogP contribution >= 0.6 is 23.4 Å². The minimum absolute atomic E-state index is 0.140. The first-order valence-corrected chi connectivity index (χ1v) is 8.88. The zero-order valence-electron chi connectivity index (χ0n) is 13.9. The Morgan fingerprint density at radius 2 is 1.96 bits per heavy atom. The van der Waals surface area contributed by atoms with Gasteiger partial charge >= 0.3 is 12.0 Å². The fourth-order valence-electron chi connectivity index (χ4n) is 1.81. The summed E-state index contributed by atoms with van der Waals surface area (Å²) in [6, 6.07) is 9.67. The van der Waals surface area contributed by atoms with E-state index in [-0.39, 0.29) is 6.54 Å². The summed E-state index contributed by atoms with van der Waals surface area (Å²) in [5.74, 6) is -0.734. The molecule has 26 heavy (non-hydrogen) atoms. The predicted octanol–water partition coefficient (Wildman–Crippen LogP) is 2.98. The molecule has 2 N–H and O–H groups in total. The van der Waals surface area contributed by atoms with E-state index in [0.717, 1.165) is 4.90 Å². The average Bonchev–Trinajstić information content (AvgIpc) is 3.13. The average molecular weight is 397 g/mol. The molecule has 9 heteroatoms. The molecule has 7 nitrogen and oxygen atoms in total. The highest BCUT2D eigenvalue weighted by Gasteiger charge is 2.18. The summed E-state index contributed by atoms with van der Waals surface area (Å²) in [5, 5.41) is 4.59. The highest BCUT2D eigenvalue weighted by Crippen LogP contribution is 2.25. The Balaban J connectivity index is 1.67. The van der Waals surface area contributed by atoms with Gasteiger partial charge in [0.25, 0.3) is 5.91 Å². The van der Waals surface area contributed by atoms with E-state index in [4.69, 9.17) is 20.8 Å². The number of thioether (sulfide) groups is 1. The first-order valence-electron chi connectivity index (χ1n) is 7.63. The summed E-state index contributed by atoms with van der Waals surface area (Å²) < 4.78 is 9.96. The highest BCUT2D eigenvalue weighted by molar-refractivity contribution is 8.00. The van der Waals surface area contributed by atoms with E-state index in [1.54, 1.807) is 43.3 Å². The fraction of sp³-hybridized carbons (Fsp3) is 0.235. The number of ether oxygens (including phenoxy) is 1. The summed E-state index contributed by atoms with van der Waals surface area (Å²) in [7, 11) is 0. The molecule has 0 radical (unpaired) electrons. The number of benzene rings is 1. The predicted molar refractivity (Wildman–Crippen MR) is 96.8 cm³/mol. The number of carbonyl (C=O) groups is 3. The number of amides is 3. The minimum Gasteiger partial charge on any atom is -0.467 e. The summed E-state index contributed by atoms with van der Waals surface area (Å²) in [5.41, 5.74) is 0. The Morgan fingerprint density at radius 3 is 2.62 bits per heavy atom. The molecule has 0 aliphatic carbocycles. The second-order valence-electron chi connectivity index (χ2n) is 5.13. The van der Waals surface area contributed by atoms with Crippen LogP contribution in [0.25, 0.3) is 0 Å². The lowest BCUT2D eigenvalue weighted by atomic mass is 10.4. The highest BCUT2D eigenvalue weighted by atomic mass is 35.5. The van der Waals surface area contributed by atoms with Crippen LogP contribution in [-0.4, -0.2) is 29.8 Å². The van der Waals surface area contributed by atoms with Crippen LogP contribution in [0.1, 0.15) is 12.7 Å². The zero-order chi connectivity index (χ0) is 18.9. The van der Waals surface area contributed by atoms with E-state index in [1.165, 1.54) is 18.0 Å². The molecule has 0 spiro atoms. The molecule has 1 atom stereocenters. The molecule has 0 unspecified atom stereocenters. The van der Waals surface area contributed by atoms with Crippen molar-refractivity contribution in [2.75, 3.05) is 6.61 Å². The van der Waals surface area contributed by atoms with Gasteiger partial charge in [0.1, 0.15) is 11.0 Å². The summed E-state index contributed by atoms with van der Waals surface area (Å²) >= 11 is 7.08. The quantitative estimate of drug-likeness (QED) is 0.551. The van der Waals surface area contributed by atoms with Gasteiger partial charge in [-0.1, -0.05) is 11.6 Å². The van der Waals surface area contributed by atoms with E-state index in [2.05, 4.69) is 10.6 Å². The van der Waals surface area contributed by atoms with Crippen molar-refractivity contribution in [1.29, 1.82) is 0 Å². The Labute approximate surface area is 159 Å². The number of nitrogens with one attached hydrogen (secondary N) is 2. The summed E-state index contributed by atoms with van der Waals surface area (Å²) in [4.78, 5) is 36.0. The number of urea groups is 1. The molecule has 0 saturated carbocycles. The lowest BCUT2D eigenvalue weighted by molar-refractivity contribution is -0.147. The van der Waals surface area contributed by atoms with E-state index < -0.39 is 29.8 Å². The molecule has 1 aromatic carbocycles. The molecule has 0 fully saturated rings. The molecule has 1 aromatic heterocycles. The van der Waals surface area contributed by atoms with Crippen molar-refractivity contribution in [2.24, 2.45) is 0 Å². The Bertz CT molecular complexity index is 749. The molecule has 138 valence electrons.